The quantitative estimate of drug-likeness (QED) is 0.661. The van der Waals surface area contributed by atoms with Crippen LogP contribution in [-0.4, -0.2) is 26.7 Å². The number of nitrogen functional groups attached to an aromatic ring is 1. The van der Waals surface area contributed by atoms with Crippen LogP contribution in [0.4, 0.5) is 11.4 Å². The standard InChI is InChI=1S/C14H22N2O2/c1-14(2,3)9-16(4)11-8-6-7-10(12(11)15)13(17)18-5/h6-8H,9,15H2,1-5H3. The average molecular weight is 250 g/mol. The smallest absolute Gasteiger partial charge is 0.340 e. The normalized spacial score (nSPS) is 11.2. The summed E-state index contributed by atoms with van der Waals surface area (Å²) in [5, 5.41) is 0. The minimum atomic E-state index is -0.404. The molecule has 0 bridgehead atoms. The van der Waals surface area contributed by atoms with Crippen molar-refractivity contribution in [2.24, 2.45) is 5.41 Å². The monoisotopic (exact) mass is 250 g/mol. The van der Waals surface area contributed by atoms with E-state index >= 15 is 0 Å². The molecule has 18 heavy (non-hydrogen) atoms. The summed E-state index contributed by atoms with van der Waals surface area (Å²) in [7, 11) is 3.32. The van der Waals surface area contributed by atoms with Crippen LogP contribution < -0.4 is 10.6 Å². The van der Waals surface area contributed by atoms with E-state index in [-0.39, 0.29) is 5.41 Å². The lowest BCUT2D eigenvalue weighted by Crippen LogP contribution is -2.30. The number of hydrogen-bond donors (Lipinski definition) is 1. The van der Waals surface area contributed by atoms with E-state index in [9.17, 15) is 4.79 Å². The number of hydrogen-bond acceptors (Lipinski definition) is 4. The van der Waals surface area contributed by atoms with Crippen LogP contribution in [0.2, 0.25) is 0 Å². The average Bonchev–Trinajstić information content (AvgIpc) is 2.26. The molecule has 0 unspecified atom stereocenters. The van der Waals surface area contributed by atoms with Crippen molar-refractivity contribution in [1.82, 2.24) is 0 Å². The Kier molecular flexibility index (Phi) is 4.22. The van der Waals surface area contributed by atoms with Crippen LogP contribution in [0.3, 0.4) is 0 Å². The van der Waals surface area contributed by atoms with E-state index in [1.165, 1.54) is 7.11 Å². The van der Waals surface area contributed by atoms with Crippen LogP contribution in [0.15, 0.2) is 18.2 Å². The van der Waals surface area contributed by atoms with Crippen molar-refractivity contribution in [1.29, 1.82) is 0 Å². The second kappa shape index (κ2) is 5.29. The van der Waals surface area contributed by atoms with Crippen molar-refractivity contribution >= 4 is 17.3 Å². The first kappa shape index (κ1) is 14.4. The lowest BCUT2D eigenvalue weighted by Gasteiger charge is -2.29. The van der Waals surface area contributed by atoms with E-state index in [0.717, 1.165) is 12.2 Å². The lowest BCUT2D eigenvalue weighted by atomic mass is 9.96. The third kappa shape index (κ3) is 3.39. The highest BCUT2D eigenvalue weighted by molar-refractivity contribution is 5.98. The molecule has 1 aromatic carbocycles. The van der Waals surface area contributed by atoms with Crippen LogP contribution >= 0.6 is 0 Å². The molecule has 100 valence electrons. The fraction of sp³-hybridized carbons (Fsp3) is 0.500. The minimum absolute atomic E-state index is 0.155. The zero-order chi connectivity index (χ0) is 13.9. The maximum Gasteiger partial charge on any atom is 0.340 e. The molecule has 0 aliphatic carbocycles. The summed E-state index contributed by atoms with van der Waals surface area (Å²) in [6, 6.07) is 5.40. The predicted molar refractivity (Wildman–Crippen MR) is 74.9 cm³/mol. The Labute approximate surface area is 109 Å². The van der Waals surface area contributed by atoms with Gasteiger partial charge in [0.05, 0.1) is 24.0 Å². The van der Waals surface area contributed by atoms with Crippen LogP contribution in [0.5, 0.6) is 0 Å². The van der Waals surface area contributed by atoms with E-state index in [1.54, 1.807) is 6.07 Å². The van der Waals surface area contributed by atoms with Crippen molar-refractivity contribution in [3.63, 3.8) is 0 Å². The highest BCUT2D eigenvalue weighted by atomic mass is 16.5. The van der Waals surface area contributed by atoms with Crippen molar-refractivity contribution < 1.29 is 9.53 Å². The molecule has 4 heteroatoms. The van der Waals surface area contributed by atoms with Gasteiger partial charge in [0.25, 0.3) is 0 Å². The molecule has 0 saturated carbocycles. The van der Waals surface area contributed by atoms with Gasteiger partial charge in [-0.15, -0.1) is 0 Å². The summed E-state index contributed by atoms with van der Waals surface area (Å²) in [6.45, 7) is 7.32. The van der Waals surface area contributed by atoms with Crippen LogP contribution in [0.1, 0.15) is 31.1 Å². The molecule has 4 nitrogen and oxygen atoms in total. The summed E-state index contributed by atoms with van der Waals surface area (Å²) >= 11 is 0. The fourth-order valence-corrected chi connectivity index (χ4v) is 1.97. The van der Waals surface area contributed by atoms with Crippen LogP contribution in [0.25, 0.3) is 0 Å². The summed E-state index contributed by atoms with van der Waals surface area (Å²) in [5.41, 5.74) is 7.93. The second-order valence-electron chi connectivity index (χ2n) is 5.65. The molecule has 0 aliphatic rings. The Morgan fingerprint density at radius 2 is 2.00 bits per heavy atom. The summed E-state index contributed by atoms with van der Waals surface area (Å²) < 4.78 is 4.72. The zero-order valence-electron chi connectivity index (χ0n) is 11.8. The number of nitrogens with zero attached hydrogens (tertiary/aromatic N) is 1. The summed E-state index contributed by atoms with van der Waals surface area (Å²) in [4.78, 5) is 13.6. The van der Waals surface area contributed by atoms with Crippen molar-refractivity contribution in [3.05, 3.63) is 23.8 Å². The van der Waals surface area contributed by atoms with Crippen molar-refractivity contribution in [2.75, 3.05) is 31.3 Å². The molecule has 0 spiro atoms. The van der Waals surface area contributed by atoms with Gasteiger partial charge in [-0.1, -0.05) is 26.8 Å². The highest BCUT2D eigenvalue weighted by Gasteiger charge is 2.18. The number of nitrogens with two attached hydrogens (primary N) is 1. The van der Waals surface area contributed by atoms with Gasteiger partial charge >= 0.3 is 5.97 Å². The molecular weight excluding hydrogens is 228 g/mol. The Bertz CT molecular complexity index is 436. The van der Waals surface area contributed by atoms with E-state index < -0.39 is 5.97 Å². The zero-order valence-corrected chi connectivity index (χ0v) is 11.8. The molecule has 0 heterocycles. The van der Waals surface area contributed by atoms with Crippen molar-refractivity contribution in [3.8, 4) is 0 Å². The van der Waals surface area contributed by atoms with E-state index in [2.05, 4.69) is 25.7 Å². The molecule has 1 rings (SSSR count). The van der Waals surface area contributed by atoms with Gasteiger partial charge < -0.3 is 15.4 Å². The number of anilines is 2. The first-order chi connectivity index (χ1) is 8.26. The van der Waals surface area contributed by atoms with Gasteiger partial charge in [0.15, 0.2) is 0 Å². The molecule has 1 aromatic rings. The molecular formula is C14H22N2O2. The molecule has 0 aromatic heterocycles. The number of carbonyl (C=O) groups excluding carboxylic acids is 1. The number of rotatable bonds is 3. The van der Waals surface area contributed by atoms with Gasteiger partial charge in [0, 0.05) is 13.6 Å². The molecule has 0 saturated heterocycles. The maximum absolute atomic E-state index is 11.6. The number of benzene rings is 1. The number of methoxy groups -OCH3 is 1. The molecule has 0 radical (unpaired) electrons. The van der Waals surface area contributed by atoms with Gasteiger partial charge in [0.2, 0.25) is 0 Å². The molecule has 0 amide bonds. The number of ether oxygens (including phenoxy) is 1. The van der Waals surface area contributed by atoms with Crippen LogP contribution in [-0.2, 0) is 4.74 Å². The highest BCUT2D eigenvalue weighted by Crippen LogP contribution is 2.28. The van der Waals surface area contributed by atoms with Gasteiger partial charge in [-0.2, -0.15) is 0 Å². The number of carbonyl (C=O) groups is 1. The van der Waals surface area contributed by atoms with Gasteiger partial charge in [-0.25, -0.2) is 4.79 Å². The molecule has 0 fully saturated rings. The predicted octanol–water partition coefficient (Wildman–Crippen LogP) is 2.54. The topological polar surface area (TPSA) is 55.6 Å². The van der Waals surface area contributed by atoms with E-state index in [0.29, 0.717) is 11.3 Å². The lowest BCUT2D eigenvalue weighted by molar-refractivity contribution is 0.0602. The SMILES string of the molecule is COC(=O)c1cccc(N(C)CC(C)(C)C)c1N. The Balaban J connectivity index is 3.07. The van der Waals surface area contributed by atoms with E-state index in [1.807, 2.05) is 19.2 Å². The van der Waals surface area contributed by atoms with E-state index in [4.69, 9.17) is 10.5 Å². The van der Waals surface area contributed by atoms with Gasteiger partial charge in [-0.05, 0) is 17.5 Å². The first-order valence-corrected chi connectivity index (χ1v) is 5.94. The molecule has 0 atom stereocenters. The molecule has 2 N–H and O–H groups in total. The Morgan fingerprint density at radius 3 is 2.50 bits per heavy atom. The number of esters is 1. The third-order valence-electron chi connectivity index (χ3n) is 2.61. The maximum atomic E-state index is 11.6. The first-order valence-electron chi connectivity index (χ1n) is 5.94. The number of para-hydroxylation sites is 1. The second-order valence-corrected chi connectivity index (χ2v) is 5.65. The largest absolute Gasteiger partial charge is 0.465 e. The Morgan fingerprint density at radius 1 is 1.39 bits per heavy atom. The third-order valence-corrected chi connectivity index (χ3v) is 2.61. The minimum Gasteiger partial charge on any atom is -0.465 e. The molecule has 0 aliphatic heterocycles. The van der Waals surface area contributed by atoms with Gasteiger partial charge in [-0.3, -0.25) is 0 Å². The van der Waals surface area contributed by atoms with Gasteiger partial charge in [0.1, 0.15) is 0 Å². The van der Waals surface area contributed by atoms with Crippen LogP contribution in [0, 0.1) is 5.41 Å². The fourth-order valence-electron chi connectivity index (χ4n) is 1.97. The van der Waals surface area contributed by atoms with Crippen molar-refractivity contribution in [2.45, 2.75) is 20.8 Å². The Hall–Kier alpha value is -1.71. The summed E-state index contributed by atoms with van der Waals surface area (Å²) in [5.74, 6) is -0.404. The summed E-state index contributed by atoms with van der Waals surface area (Å²) in [6.07, 6.45) is 0.